The molecule has 0 radical (unpaired) electrons. The van der Waals surface area contributed by atoms with E-state index in [4.69, 9.17) is 0 Å². The van der Waals surface area contributed by atoms with Crippen molar-refractivity contribution in [2.24, 2.45) is 0 Å². The van der Waals surface area contributed by atoms with Crippen LogP contribution >= 0.6 is 11.3 Å². The summed E-state index contributed by atoms with van der Waals surface area (Å²) in [5.74, 6) is -0.0185. The number of sulfonamides is 1. The molecule has 1 fully saturated rings. The number of hydrogen-bond donors (Lipinski definition) is 1. The number of amides is 1. The van der Waals surface area contributed by atoms with E-state index >= 15 is 0 Å². The first-order valence-corrected chi connectivity index (χ1v) is 10.8. The lowest BCUT2D eigenvalue weighted by atomic mass is 10.1. The number of thiazole rings is 1. The predicted octanol–water partition coefficient (Wildman–Crippen LogP) is 2.27. The van der Waals surface area contributed by atoms with Crippen LogP contribution in [-0.2, 0) is 10.0 Å². The third-order valence-electron chi connectivity index (χ3n) is 4.17. The van der Waals surface area contributed by atoms with Crippen LogP contribution in [0.25, 0.3) is 10.6 Å². The van der Waals surface area contributed by atoms with E-state index in [1.165, 1.54) is 11.3 Å². The second kappa shape index (κ2) is 7.23. The Balaban J connectivity index is 1.69. The number of nitrogens with one attached hydrogen (secondary N) is 1. The van der Waals surface area contributed by atoms with Crippen molar-refractivity contribution in [3.63, 3.8) is 0 Å². The van der Waals surface area contributed by atoms with Gasteiger partial charge in [-0.05, 0) is 19.8 Å². The van der Waals surface area contributed by atoms with E-state index in [9.17, 15) is 13.2 Å². The monoisotopic (exact) mass is 379 g/mol. The fourth-order valence-corrected chi connectivity index (χ4v) is 4.83. The SMILES string of the molecule is Cc1nc(-c2ccccc2)sc1C(=O)N1CCC(NS(C)(=O)=O)CC1. The summed E-state index contributed by atoms with van der Waals surface area (Å²) in [5, 5.41) is 0.843. The highest BCUT2D eigenvalue weighted by molar-refractivity contribution is 7.88. The molecular weight excluding hydrogens is 358 g/mol. The molecule has 1 aliphatic rings. The van der Waals surface area contributed by atoms with Gasteiger partial charge < -0.3 is 4.90 Å². The maximum atomic E-state index is 12.8. The normalized spacial score (nSPS) is 16.2. The molecule has 0 bridgehead atoms. The van der Waals surface area contributed by atoms with Crippen molar-refractivity contribution in [1.29, 1.82) is 0 Å². The molecule has 1 aliphatic heterocycles. The number of benzene rings is 1. The zero-order valence-electron chi connectivity index (χ0n) is 14.2. The summed E-state index contributed by atoms with van der Waals surface area (Å²) in [5.41, 5.74) is 1.75. The maximum Gasteiger partial charge on any atom is 0.265 e. The number of rotatable bonds is 4. The molecule has 8 heteroatoms. The Kier molecular flexibility index (Phi) is 5.21. The second-order valence-electron chi connectivity index (χ2n) is 6.26. The minimum Gasteiger partial charge on any atom is -0.338 e. The predicted molar refractivity (Wildman–Crippen MR) is 99.2 cm³/mol. The topological polar surface area (TPSA) is 79.4 Å². The smallest absolute Gasteiger partial charge is 0.265 e. The van der Waals surface area contributed by atoms with E-state index in [2.05, 4.69) is 9.71 Å². The molecule has 2 aromatic rings. The van der Waals surface area contributed by atoms with Gasteiger partial charge >= 0.3 is 0 Å². The summed E-state index contributed by atoms with van der Waals surface area (Å²) >= 11 is 1.41. The quantitative estimate of drug-likeness (QED) is 0.884. The number of aromatic nitrogens is 1. The zero-order chi connectivity index (χ0) is 18.0. The Labute approximate surface area is 151 Å². The molecular formula is C17H21N3O3S2. The molecule has 0 atom stereocenters. The third kappa shape index (κ3) is 4.45. The van der Waals surface area contributed by atoms with Crippen molar-refractivity contribution in [2.45, 2.75) is 25.8 Å². The molecule has 6 nitrogen and oxygen atoms in total. The highest BCUT2D eigenvalue weighted by atomic mass is 32.2. The minimum absolute atomic E-state index is 0.0185. The summed E-state index contributed by atoms with van der Waals surface area (Å²) in [6, 6.07) is 9.72. The summed E-state index contributed by atoms with van der Waals surface area (Å²) in [7, 11) is -3.21. The number of carbonyl (C=O) groups excluding carboxylic acids is 1. The van der Waals surface area contributed by atoms with Gasteiger partial charge in [0.15, 0.2) is 0 Å². The van der Waals surface area contributed by atoms with Gasteiger partial charge in [0.1, 0.15) is 9.88 Å². The van der Waals surface area contributed by atoms with Gasteiger partial charge in [0.25, 0.3) is 5.91 Å². The summed E-state index contributed by atoms with van der Waals surface area (Å²) < 4.78 is 25.3. The van der Waals surface area contributed by atoms with Gasteiger partial charge in [-0.2, -0.15) is 0 Å². The number of hydrogen-bond acceptors (Lipinski definition) is 5. The summed E-state index contributed by atoms with van der Waals surface area (Å²) in [6.45, 7) is 2.95. The van der Waals surface area contributed by atoms with Gasteiger partial charge in [0, 0.05) is 24.7 Å². The van der Waals surface area contributed by atoms with Gasteiger partial charge in [-0.3, -0.25) is 4.79 Å². The van der Waals surface area contributed by atoms with Crippen LogP contribution in [-0.4, -0.2) is 49.6 Å². The van der Waals surface area contributed by atoms with Crippen LogP contribution in [0.15, 0.2) is 30.3 Å². The van der Waals surface area contributed by atoms with Crippen LogP contribution in [0.5, 0.6) is 0 Å². The molecule has 1 aromatic carbocycles. The van der Waals surface area contributed by atoms with Gasteiger partial charge in [-0.15, -0.1) is 11.3 Å². The minimum atomic E-state index is -3.21. The zero-order valence-corrected chi connectivity index (χ0v) is 15.9. The molecule has 134 valence electrons. The highest BCUT2D eigenvalue weighted by Crippen LogP contribution is 2.29. The molecule has 0 saturated carbocycles. The summed E-state index contributed by atoms with van der Waals surface area (Å²) in [4.78, 5) is 19.8. The first-order chi connectivity index (χ1) is 11.8. The Morgan fingerprint density at radius 2 is 1.88 bits per heavy atom. The lowest BCUT2D eigenvalue weighted by Crippen LogP contribution is -2.46. The lowest BCUT2D eigenvalue weighted by molar-refractivity contribution is 0.0715. The highest BCUT2D eigenvalue weighted by Gasteiger charge is 2.27. The number of nitrogens with zero attached hydrogens (tertiary/aromatic N) is 2. The van der Waals surface area contributed by atoms with Gasteiger partial charge in [0.05, 0.1) is 11.9 Å². The average molecular weight is 380 g/mol. The van der Waals surface area contributed by atoms with Crippen molar-refractivity contribution in [3.8, 4) is 10.6 Å². The second-order valence-corrected chi connectivity index (χ2v) is 9.04. The Morgan fingerprint density at radius 1 is 1.24 bits per heavy atom. The van der Waals surface area contributed by atoms with E-state index in [-0.39, 0.29) is 11.9 Å². The molecule has 3 rings (SSSR count). The molecule has 1 saturated heterocycles. The molecule has 0 unspecified atom stereocenters. The van der Waals surface area contributed by atoms with Crippen molar-refractivity contribution >= 4 is 27.3 Å². The van der Waals surface area contributed by atoms with E-state index in [1.54, 1.807) is 4.90 Å². The number of likely N-dealkylation sites (tertiary alicyclic amines) is 1. The van der Waals surface area contributed by atoms with E-state index in [0.717, 1.165) is 22.5 Å². The Hall–Kier alpha value is -1.77. The maximum absolute atomic E-state index is 12.8. The molecule has 2 heterocycles. The molecule has 0 spiro atoms. The first kappa shape index (κ1) is 18.0. The molecule has 25 heavy (non-hydrogen) atoms. The molecule has 1 amide bonds. The van der Waals surface area contributed by atoms with Crippen LogP contribution in [0, 0.1) is 6.92 Å². The van der Waals surface area contributed by atoms with Crippen molar-refractivity contribution in [2.75, 3.05) is 19.3 Å². The van der Waals surface area contributed by atoms with Crippen LogP contribution in [0.2, 0.25) is 0 Å². The molecule has 1 N–H and O–H groups in total. The fourth-order valence-electron chi connectivity index (χ4n) is 2.95. The number of aryl methyl sites for hydroxylation is 1. The van der Waals surface area contributed by atoms with Crippen molar-refractivity contribution in [1.82, 2.24) is 14.6 Å². The van der Waals surface area contributed by atoms with Crippen LogP contribution in [0.4, 0.5) is 0 Å². The fraction of sp³-hybridized carbons (Fsp3) is 0.412. The van der Waals surface area contributed by atoms with Crippen LogP contribution in [0.3, 0.4) is 0 Å². The van der Waals surface area contributed by atoms with E-state index in [0.29, 0.717) is 30.8 Å². The summed E-state index contributed by atoms with van der Waals surface area (Å²) in [6.07, 6.45) is 2.42. The van der Waals surface area contributed by atoms with Crippen molar-refractivity contribution < 1.29 is 13.2 Å². The molecule has 0 aliphatic carbocycles. The van der Waals surface area contributed by atoms with Crippen LogP contribution in [0.1, 0.15) is 28.2 Å². The van der Waals surface area contributed by atoms with Crippen LogP contribution < -0.4 is 4.72 Å². The standard InChI is InChI=1S/C17H21N3O3S2/c1-12-15(24-16(18-12)13-6-4-3-5-7-13)17(21)20-10-8-14(9-11-20)19-25(2,22)23/h3-7,14,19H,8-11H2,1-2H3. The Bertz CT molecular complexity index is 855. The largest absolute Gasteiger partial charge is 0.338 e. The number of carbonyl (C=O) groups is 1. The van der Waals surface area contributed by atoms with Gasteiger partial charge in [-0.25, -0.2) is 18.1 Å². The van der Waals surface area contributed by atoms with E-state index < -0.39 is 10.0 Å². The third-order valence-corrected chi connectivity index (χ3v) is 6.13. The van der Waals surface area contributed by atoms with Crippen molar-refractivity contribution in [3.05, 3.63) is 40.9 Å². The first-order valence-electron chi connectivity index (χ1n) is 8.13. The van der Waals surface area contributed by atoms with E-state index in [1.807, 2.05) is 37.3 Å². The van der Waals surface area contributed by atoms with Gasteiger partial charge in [-0.1, -0.05) is 30.3 Å². The lowest BCUT2D eigenvalue weighted by Gasteiger charge is -2.31. The number of piperidine rings is 1. The molecule has 1 aromatic heterocycles. The average Bonchev–Trinajstić information content (AvgIpc) is 2.96. The van der Waals surface area contributed by atoms with Gasteiger partial charge in [0.2, 0.25) is 10.0 Å². The Morgan fingerprint density at radius 3 is 2.48 bits per heavy atom.